The van der Waals surface area contributed by atoms with Crippen molar-refractivity contribution in [2.45, 2.75) is 65.9 Å². The van der Waals surface area contributed by atoms with E-state index in [0.29, 0.717) is 5.75 Å². The second-order valence-corrected chi connectivity index (χ2v) is 7.48. The van der Waals surface area contributed by atoms with Crippen LogP contribution in [0, 0.1) is 13.8 Å². The molecule has 0 radical (unpaired) electrons. The fourth-order valence-corrected chi connectivity index (χ4v) is 3.65. The number of hydrogen-bond acceptors (Lipinski definition) is 3. The first-order valence-electron chi connectivity index (χ1n) is 10.3. The van der Waals surface area contributed by atoms with Crippen LogP contribution < -0.4 is 4.74 Å². The summed E-state index contributed by atoms with van der Waals surface area (Å²) in [6.07, 6.45) is 5.20. The molecule has 0 N–H and O–H groups in total. The van der Waals surface area contributed by atoms with E-state index < -0.39 is 6.10 Å². The predicted octanol–water partition coefficient (Wildman–Crippen LogP) is 5.88. The summed E-state index contributed by atoms with van der Waals surface area (Å²) in [5.74, 6) is 0.564. The van der Waals surface area contributed by atoms with Crippen molar-refractivity contribution in [2.24, 2.45) is 0 Å². The van der Waals surface area contributed by atoms with Gasteiger partial charge in [0.15, 0.2) is 6.10 Å². The van der Waals surface area contributed by atoms with Gasteiger partial charge in [-0.1, -0.05) is 56.5 Å². The van der Waals surface area contributed by atoms with Crippen LogP contribution in [0.3, 0.4) is 0 Å². The molecule has 0 saturated heterocycles. The minimum Gasteiger partial charge on any atom is -0.481 e. The fourth-order valence-electron chi connectivity index (χ4n) is 3.65. The van der Waals surface area contributed by atoms with Crippen molar-refractivity contribution in [3.8, 4) is 5.75 Å². The number of aryl methyl sites for hydroxylation is 1. The molecule has 4 heteroatoms. The molecule has 2 aromatic carbocycles. The molecule has 0 fully saturated rings. The van der Waals surface area contributed by atoms with Crippen molar-refractivity contribution in [1.82, 2.24) is 9.78 Å². The van der Waals surface area contributed by atoms with Gasteiger partial charge in [0.25, 0.3) is 5.91 Å². The maximum atomic E-state index is 13.0. The zero-order chi connectivity index (χ0) is 20.1. The highest BCUT2D eigenvalue weighted by atomic mass is 16.5. The van der Waals surface area contributed by atoms with Crippen molar-refractivity contribution in [3.63, 3.8) is 0 Å². The Balaban J connectivity index is 1.71. The molecule has 0 amide bonds. The lowest BCUT2D eigenvalue weighted by Crippen LogP contribution is -2.30. The lowest BCUT2D eigenvalue weighted by atomic mass is 10.0. The third kappa shape index (κ3) is 4.44. The summed E-state index contributed by atoms with van der Waals surface area (Å²) in [4.78, 5) is 13.0. The second kappa shape index (κ2) is 9.05. The molecule has 4 nitrogen and oxygen atoms in total. The van der Waals surface area contributed by atoms with Gasteiger partial charge in [-0.25, -0.2) is 4.68 Å². The highest BCUT2D eigenvalue weighted by molar-refractivity contribution is 5.85. The molecule has 28 heavy (non-hydrogen) atoms. The van der Waals surface area contributed by atoms with Gasteiger partial charge in [-0.15, -0.1) is 0 Å². The van der Waals surface area contributed by atoms with Gasteiger partial charge >= 0.3 is 0 Å². The van der Waals surface area contributed by atoms with E-state index in [1.165, 1.54) is 29.5 Å². The summed E-state index contributed by atoms with van der Waals surface area (Å²) in [5.41, 5.74) is 3.08. The number of nitrogens with zero attached hydrogens (tertiary/aromatic N) is 2. The van der Waals surface area contributed by atoms with Crippen molar-refractivity contribution in [1.29, 1.82) is 0 Å². The Morgan fingerprint density at radius 2 is 1.82 bits per heavy atom. The number of fused-ring (bicyclic) bond motifs is 1. The Morgan fingerprint density at radius 3 is 2.57 bits per heavy atom. The molecule has 148 valence electrons. The van der Waals surface area contributed by atoms with Gasteiger partial charge in [-0.05, 0) is 62.1 Å². The second-order valence-electron chi connectivity index (χ2n) is 7.48. The standard InChI is InChI=1S/C24H30N2O2/c1-5-6-7-8-13-23-17(2)25-26(18(23)3)24(27)19(4)28-22-15-14-20-11-9-10-12-21(20)16-22/h9-12,14-16,19H,5-8,13H2,1-4H3. The average Bonchev–Trinajstić information content (AvgIpc) is 2.98. The van der Waals surface area contributed by atoms with Gasteiger partial charge in [0.2, 0.25) is 0 Å². The van der Waals surface area contributed by atoms with E-state index in [9.17, 15) is 4.79 Å². The van der Waals surface area contributed by atoms with Gasteiger partial charge in [0.05, 0.1) is 5.69 Å². The van der Waals surface area contributed by atoms with Crippen LogP contribution in [0.5, 0.6) is 5.75 Å². The predicted molar refractivity (Wildman–Crippen MR) is 114 cm³/mol. The maximum Gasteiger partial charge on any atom is 0.287 e. The first-order chi connectivity index (χ1) is 13.5. The Bertz CT molecular complexity index is 958. The van der Waals surface area contributed by atoms with Crippen molar-refractivity contribution in [3.05, 3.63) is 59.4 Å². The third-order valence-corrected chi connectivity index (χ3v) is 5.31. The molecule has 1 heterocycles. The van der Waals surface area contributed by atoms with Crippen LogP contribution >= 0.6 is 0 Å². The van der Waals surface area contributed by atoms with Crippen molar-refractivity contribution in [2.75, 3.05) is 0 Å². The zero-order valence-electron chi connectivity index (χ0n) is 17.4. The molecule has 0 spiro atoms. The summed E-state index contributed by atoms with van der Waals surface area (Å²) in [7, 11) is 0. The molecule has 1 unspecified atom stereocenters. The number of carbonyl (C=O) groups excluding carboxylic acids is 1. The van der Waals surface area contributed by atoms with E-state index in [1.54, 1.807) is 6.92 Å². The van der Waals surface area contributed by atoms with Crippen molar-refractivity contribution >= 4 is 16.7 Å². The molecular formula is C24H30N2O2. The number of ether oxygens (including phenoxy) is 1. The summed E-state index contributed by atoms with van der Waals surface area (Å²) in [6.45, 7) is 7.97. The highest BCUT2D eigenvalue weighted by Crippen LogP contribution is 2.22. The van der Waals surface area contributed by atoms with Crippen LogP contribution in [0.2, 0.25) is 0 Å². The van der Waals surface area contributed by atoms with Crippen LogP contribution in [0.15, 0.2) is 42.5 Å². The number of benzene rings is 2. The lowest BCUT2D eigenvalue weighted by Gasteiger charge is -2.15. The topological polar surface area (TPSA) is 44.1 Å². The van der Waals surface area contributed by atoms with Gasteiger partial charge in [-0.3, -0.25) is 4.79 Å². The van der Waals surface area contributed by atoms with Crippen LogP contribution in [0.25, 0.3) is 10.8 Å². The molecule has 3 aromatic rings. The van der Waals surface area contributed by atoms with Gasteiger partial charge in [0, 0.05) is 5.69 Å². The summed E-state index contributed by atoms with van der Waals surface area (Å²) in [5, 5.41) is 6.76. The Hall–Kier alpha value is -2.62. The van der Waals surface area contributed by atoms with E-state index in [1.807, 2.05) is 50.2 Å². The highest BCUT2D eigenvalue weighted by Gasteiger charge is 2.22. The number of aromatic nitrogens is 2. The lowest BCUT2D eigenvalue weighted by molar-refractivity contribution is 0.0707. The summed E-state index contributed by atoms with van der Waals surface area (Å²) in [6, 6.07) is 14.0. The largest absolute Gasteiger partial charge is 0.481 e. The average molecular weight is 379 g/mol. The Kier molecular flexibility index (Phi) is 6.50. The fraction of sp³-hybridized carbons (Fsp3) is 0.417. The van der Waals surface area contributed by atoms with E-state index in [-0.39, 0.29) is 5.91 Å². The zero-order valence-corrected chi connectivity index (χ0v) is 17.4. The molecule has 1 aromatic heterocycles. The van der Waals surface area contributed by atoms with Crippen LogP contribution in [0.4, 0.5) is 0 Å². The molecule has 0 aliphatic carbocycles. The summed E-state index contributed by atoms with van der Waals surface area (Å²) < 4.78 is 7.47. The SMILES string of the molecule is CCCCCCc1c(C)nn(C(=O)C(C)Oc2ccc3ccccc3c2)c1C. The summed E-state index contributed by atoms with van der Waals surface area (Å²) >= 11 is 0. The Labute approximate surface area is 167 Å². The maximum absolute atomic E-state index is 13.0. The van der Waals surface area contributed by atoms with Gasteiger partial charge in [0.1, 0.15) is 5.75 Å². The number of hydrogen-bond donors (Lipinski definition) is 0. The van der Waals surface area contributed by atoms with E-state index in [0.717, 1.165) is 35.0 Å². The third-order valence-electron chi connectivity index (χ3n) is 5.31. The monoisotopic (exact) mass is 378 g/mol. The molecule has 3 rings (SSSR count). The van der Waals surface area contributed by atoms with E-state index >= 15 is 0 Å². The molecule has 1 atom stereocenters. The molecule has 0 bridgehead atoms. The minimum absolute atomic E-state index is 0.131. The number of rotatable bonds is 8. The smallest absolute Gasteiger partial charge is 0.287 e. The quantitative estimate of drug-likeness (QED) is 0.460. The molecular weight excluding hydrogens is 348 g/mol. The molecule has 0 saturated carbocycles. The first-order valence-corrected chi connectivity index (χ1v) is 10.3. The number of unbranched alkanes of at least 4 members (excludes halogenated alkanes) is 3. The first kappa shape index (κ1) is 20.1. The number of carbonyl (C=O) groups is 1. The van der Waals surface area contributed by atoms with Gasteiger partial charge < -0.3 is 4.74 Å². The van der Waals surface area contributed by atoms with Crippen LogP contribution in [-0.4, -0.2) is 21.8 Å². The molecule has 0 aliphatic heterocycles. The van der Waals surface area contributed by atoms with Crippen LogP contribution in [0.1, 0.15) is 61.3 Å². The van der Waals surface area contributed by atoms with E-state index in [2.05, 4.69) is 18.1 Å². The molecule has 0 aliphatic rings. The minimum atomic E-state index is -0.605. The van der Waals surface area contributed by atoms with Crippen LogP contribution in [-0.2, 0) is 6.42 Å². The van der Waals surface area contributed by atoms with Crippen molar-refractivity contribution < 1.29 is 9.53 Å². The van der Waals surface area contributed by atoms with E-state index in [4.69, 9.17) is 4.74 Å². The Morgan fingerprint density at radius 1 is 1.07 bits per heavy atom. The van der Waals surface area contributed by atoms with Gasteiger partial charge in [-0.2, -0.15) is 5.10 Å². The normalized spacial score (nSPS) is 12.3.